The molecule has 4 heteroatoms. The zero-order valence-corrected chi connectivity index (χ0v) is 12.0. The topological polar surface area (TPSA) is 39.1 Å². The third-order valence-corrected chi connectivity index (χ3v) is 3.12. The first-order chi connectivity index (χ1) is 9.11. The molecule has 0 aliphatic carbocycles. The molecule has 0 spiro atoms. The van der Waals surface area contributed by atoms with Crippen LogP contribution in [0.4, 0.5) is 0 Å². The molecule has 0 saturated carbocycles. The Balaban J connectivity index is 2.17. The van der Waals surface area contributed by atoms with Gasteiger partial charge in [-0.3, -0.25) is 4.68 Å². The Morgan fingerprint density at radius 2 is 2.11 bits per heavy atom. The summed E-state index contributed by atoms with van der Waals surface area (Å²) >= 11 is 0. The second kappa shape index (κ2) is 5.89. The number of nitrogens with one attached hydrogen (secondary N) is 1. The van der Waals surface area contributed by atoms with E-state index < -0.39 is 0 Å². The van der Waals surface area contributed by atoms with Crippen LogP contribution in [0.15, 0.2) is 24.3 Å². The molecule has 2 rings (SSSR count). The zero-order chi connectivity index (χ0) is 13.8. The predicted octanol–water partition coefficient (Wildman–Crippen LogP) is 2.34. The zero-order valence-electron chi connectivity index (χ0n) is 12.0. The number of aryl methyl sites for hydroxylation is 3. The molecule has 2 aromatic rings. The summed E-state index contributed by atoms with van der Waals surface area (Å²) in [6.07, 6.45) is 0. The summed E-state index contributed by atoms with van der Waals surface area (Å²) < 4.78 is 7.87. The molecule has 0 radical (unpaired) electrons. The van der Waals surface area contributed by atoms with Gasteiger partial charge in [-0.25, -0.2) is 0 Å². The Bertz CT molecular complexity index is 561. The van der Waals surface area contributed by atoms with Gasteiger partial charge in [0, 0.05) is 19.2 Å². The van der Waals surface area contributed by atoms with Gasteiger partial charge in [0.1, 0.15) is 12.4 Å². The van der Waals surface area contributed by atoms with E-state index in [4.69, 9.17) is 4.74 Å². The summed E-state index contributed by atoms with van der Waals surface area (Å²) in [5, 5.41) is 7.50. The molecule has 0 unspecified atom stereocenters. The van der Waals surface area contributed by atoms with Gasteiger partial charge in [0.05, 0.1) is 11.4 Å². The van der Waals surface area contributed by atoms with Gasteiger partial charge in [0.15, 0.2) is 0 Å². The summed E-state index contributed by atoms with van der Waals surface area (Å²) in [6.45, 7) is 5.41. The highest BCUT2D eigenvalue weighted by molar-refractivity contribution is 5.40. The largest absolute Gasteiger partial charge is 0.487 e. The Hall–Kier alpha value is -1.81. The van der Waals surface area contributed by atoms with Gasteiger partial charge in [-0.2, -0.15) is 5.10 Å². The standard InChI is InChI=1S/C15H21N3O/c1-11-6-5-7-13(9-16-3)15(11)19-10-14-8-12(2)17-18(14)4/h5-8,16H,9-10H2,1-4H3. The number of hydrogen-bond acceptors (Lipinski definition) is 3. The van der Waals surface area contributed by atoms with Crippen LogP contribution in [-0.2, 0) is 20.2 Å². The number of ether oxygens (including phenoxy) is 1. The SMILES string of the molecule is CNCc1cccc(C)c1OCc1cc(C)nn1C. The molecule has 0 aliphatic heterocycles. The second-order valence-corrected chi connectivity index (χ2v) is 4.78. The monoisotopic (exact) mass is 259 g/mol. The van der Waals surface area contributed by atoms with Gasteiger partial charge in [-0.1, -0.05) is 18.2 Å². The number of nitrogens with zero attached hydrogens (tertiary/aromatic N) is 2. The van der Waals surface area contributed by atoms with E-state index in [1.54, 1.807) is 0 Å². The Morgan fingerprint density at radius 3 is 2.74 bits per heavy atom. The normalized spacial score (nSPS) is 10.7. The van der Waals surface area contributed by atoms with E-state index >= 15 is 0 Å². The maximum atomic E-state index is 6.00. The lowest BCUT2D eigenvalue weighted by atomic mass is 10.1. The van der Waals surface area contributed by atoms with Crippen LogP contribution in [0.1, 0.15) is 22.5 Å². The van der Waals surface area contributed by atoms with Crippen molar-refractivity contribution in [2.75, 3.05) is 7.05 Å². The number of para-hydroxylation sites is 1. The van der Waals surface area contributed by atoms with Crippen molar-refractivity contribution in [2.45, 2.75) is 27.0 Å². The van der Waals surface area contributed by atoms with Crippen LogP contribution in [0.5, 0.6) is 5.75 Å². The molecule has 0 atom stereocenters. The molecule has 1 heterocycles. The molecule has 0 amide bonds. The number of aromatic nitrogens is 2. The first kappa shape index (κ1) is 13.6. The Kier molecular flexibility index (Phi) is 4.22. The van der Waals surface area contributed by atoms with Crippen molar-refractivity contribution in [1.29, 1.82) is 0 Å². The van der Waals surface area contributed by atoms with Crippen LogP contribution in [0.25, 0.3) is 0 Å². The maximum Gasteiger partial charge on any atom is 0.130 e. The van der Waals surface area contributed by atoms with Gasteiger partial charge in [0.25, 0.3) is 0 Å². The molecule has 1 aromatic carbocycles. The van der Waals surface area contributed by atoms with Crippen molar-refractivity contribution < 1.29 is 4.74 Å². The molecule has 102 valence electrons. The van der Waals surface area contributed by atoms with E-state index in [0.29, 0.717) is 6.61 Å². The molecule has 0 aliphatic rings. The highest BCUT2D eigenvalue weighted by Gasteiger charge is 2.08. The fourth-order valence-electron chi connectivity index (χ4n) is 2.19. The predicted molar refractivity (Wildman–Crippen MR) is 76.2 cm³/mol. The van der Waals surface area contributed by atoms with Crippen LogP contribution in [0, 0.1) is 13.8 Å². The first-order valence-corrected chi connectivity index (χ1v) is 6.47. The maximum absolute atomic E-state index is 6.00. The number of hydrogen-bond donors (Lipinski definition) is 1. The first-order valence-electron chi connectivity index (χ1n) is 6.47. The fraction of sp³-hybridized carbons (Fsp3) is 0.400. The van der Waals surface area contributed by atoms with Gasteiger partial charge in [0.2, 0.25) is 0 Å². The lowest BCUT2D eigenvalue weighted by molar-refractivity contribution is 0.289. The van der Waals surface area contributed by atoms with E-state index in [0.717, 1.165) is 29.2 Å². The van der Waals surface area contributed by atoms with E-state index in [2.05, 4.69) is 41.6 Å². The summed E-state index contributed by atoms with van der Waals surface area (Å²) in [4.78, 5) is 0. The average molecular weight is 259 g/mol. The van der Waals surface area contributed by atoms with Crippen LogP contribution in [0.3, 0.4) is 0 Å². The summed E-state index contributed by atoms with van der Waals surface area (Å²) in [5.74, 6) is 0.968. The van der Waals surface area contributed by atoms with Crippen molar-refractivity contribution in [3.05, 3.63) is 46.8 Å². The third-order valence-electron chi connectivity index (χ3n) is 3.12. The molecular weight excluding hydrogens is 238 g/mol. The Labute approximate surface area is 114 Å². The van der Waals surface area contributed by atoms with Crippen molar-refractivity contribution in [2.24, 2.45) is 7.05 Å². The van der Waals surface area contributed by atoms with Gasteiger partial charge in [-0.05, 0) is 32.5 Å². The molecular formula is C15H21N3O. The van der Waals surface area contributed by atoms with Gasteiger partial charge >= 0.3 is 0 Å². The quantitative estimate of drug-likeness (QED) is 0.895. The van der Waals surface area contributed by atoms with Crippen LogP contribution in [-0.4, -0.2) is 16.8 Å². The number of benzene rings is 1. The molecule has 1 N–H and O–H groups in total. The fourth-order valence-corrected chi connectivity index (χ4v) is 2.19. The molecule has 0 bridgehead atoms. The van der Waals surface area contributed by atoms with Gasteiger partial charge in [-0.15, -0.1) is 0 Å². The van der Waals surface area contributed by atoms with E-state index in [9.17, 15) is 0 Å². The molecule has 0 saturated heterocycles. The molecule has 19 heavy (non-hydrogen) atoms. The lowest BCUT2D eigenvalue weighted by Crippen LogP contribution is -2.09. The van der Waals surface area contributed by atoms with E-state index in [1.807, 2.05) is 25.7 Å². The minimum Gasteiger partial charge on any atom is -0.487 e. The highest BCUT2D eigenvalue weighted by Crippen LogP contribution is 2.24. The van der Waals surface area contributed by atoms with Crippen LogP contribution in [0.2, 0.25) is 0 Å². The number of rotatable bonds is 5. The highest BCUT2D eigenvalue weighted by atomic mass is 16.5. The van der Waals surface area contributed by atoms with Crippen molar-refractivity contribution in [3.8, 4) is 5.75 Å². The average Bonchev–Trinajstić information content (AvgIpc) is 2.67. The minimum absolute atomic E-state index is 0.541. The Morgan fingerprint density at radius 1 is 1.32 bits per heavy atom. The summed E-state index contributed by atoms with van der Waals surface area (Å²) in [6, 6.07) is 8.27. The summed E-state index contributed by atoms with van der Waals surface area (Å²) in [5.41, 5.74) is 4.44. The second-order valence-electron chi connectivity index (χ2n) is 4.78. The van der Waals surface area contributed by atoms with Crippen LogP contribution < -0.4 is 10.1 Å². The van der Waals surface area contributed by atoms with Gasteiger partial charge < -0.3 is 10.1 Å². The smallest absolute Gasteiger partial charge is 0.130 e. The third kappa shape index (κ3) is 3.15. The molecule has 1 aromatic heterocycles. The van der Waals surface area contributed by atoms with Crippen molar-refractivity contribution in [3.63, 3.8) is 0 Å². The van der Waals surface area contributed by atoms with Crippen molar-refractivity contribution in [1.82, 2.24) is 15.1 Å². The minimum atomic E-state index is 0.541. The molecule has 0 fully saturated rings. The van der Waals surface area contributed by atoms with E-state index in [1.165, 1.54) is 5.56 Å². The lowest BCUT2D eigenvalue weighted by Gasteiger charge is -2.14. The van der Waals surface area contributed by atoms with Crippen molar-refractivity contribution >= 4 is 0 Å². The van der Waals surface area contributed by atoms with E-state index in [-0.39, 0.29) is 0 Å². The molecule has 4 nitrogen and oxygen atoms in total. The van der Waals surface area contributed by atoms with Crippen LogP contribution >= 0.6 is 0 Å². The summed E-state index contributed by atoms with van der Waals surface area (Å²) in [7, 11) is 3.88.